The summed E-state index contributed by atoms with van der Waals surface area (Å²) in [5.74, 6) is 0.366. The maximum absolute atomic E-state index is 10.2. The molecule has 0 bridgehead atoms. The molecule has 0 aromatic heterocycles. The molecule has 3 nitrogen and oxygen atoms in total. The zero-order valence-corrected chi connectivity index (χ0v) is 12.0. The van der Waals surface area contributed by atoms with Crippen LogP contribution in [0.25, 0.3) is 0 Å². The Kier molecular flexibility index (Phi) is 4.77. The Bertz CT molecular complexity index is 406. The lowest BCUT2D eigenvalue weighted by Gasteiger charge is -2.23. The van der Waals surface area contributed by atoms with E-state index in [1.165, 1.54) is 5.56 Å². The van der Waals surface area contributed by atoms with E-state index in [1.807, 2.05) is 6.92 Å². The van der Waals surface area contributed by atoms with Crippen LogP contribution >= 0.6 is 0 Å². The molecular formula is C15H26N2O. The molecule has 0 fully saturated rings. The molecule has 3 heteroatoms. The highest BCUT2D eigenvalue weighted by Gasteiger charge is 2.18. The Morgan fingerprint density at radius 1 is 1.22 bits per heavy atom. The smallest absolute Gasteiger partial charge is 0.122 e. The van der Waals surface area contributed by atoms with Crippen LogP contribution in [0.2, 0.25) is 0 Å². The summed E-state index contributed by atoms with van der Waals surface area (Å²) in [5.41, 5.74) is 14.6. The van der Waals surface area contributed by atoms with Gasteiger partial charge in [0.05, 0.1) is 0 Å². The predicted octanol–water partition coefficient (Wildman–Crippen LogP) is 2.08. The third kappa shape index (κ3) is 3.72. The van der Waals surface area contributed by atoms with Gasteiger partial charge in [0.2, 0.25) is 0 Å². The quantitative estimate of drug-likeness (QED) is 0.766. The van der Waals surface area contributed by atoms with Crippen LogP contribution in [0.15, 0.2) is 12.1 Å². The fourth-order valence-corrected chi connectivity index (χ4v) is 2.04. The van der Waals surface area contributed by atoms with E-state index in [2.05, 4.69) is 32.9 Å². The van der Waals surface area contributed by atoms with E-state index in [0.29, 0.717) is 25.1 Å². The molecule has 1 rings (SSSR count). The van der Waals surface area contributed by atoms with Gasteiger partial charge in [0.15, 0.2) is 0 Å². The Morgan fingerprint density at radius 3 is 2.22 bits per heavy atom. The summed E-state index contributed by atoms with van der Waals surface area (Å²) >= 11 is 0. The maximum atomic E-state index is 10.2. The second-order valence-electron chi connectivity index (χ2n) is 6.11. The summed E-state index contributed by atoms with van der Waals surface area (Å²) in [6, 6.07) is 4.17. The maximum Gasteiger partial charge on any atom is 0.122 e. The SMILES string of the molecule is CC(N)Cc1cc(C(C)(C)C)cc(CCN)c1O. The lowest BCUT2D eigenvalue weighted by molar-refractivity contribution is 0.456. The number of nitrogens with two attached hydrogens (primary N) is 2. The van der Waals surface area contributed by atoms with Gasteiger partial charge in [-0.05, 0) is 48.4 Å². The van der Waals surface area contributed by atoms with Crippen LogP contribution in [0.1, 0.15) is 44.4 Å². The molecule has 1 aromatic rings. The number of benzene rings is 1. The van der Waals surface area contributed by atoms with Gasteiger partial charge >= 0.3 is 0 Å². The molecule has 0 radical (unpaired) electrons. The van der Waals surface area contributed by atoms with Gasteiger partial charge in [-0.15, -0.1) is 0 Å². The summed E-state index contributed by atoms with van der Waals surface area (Å²) < 4.78 is 0. The molecule has 0 spiro atoms. The van der Waals surface area contributed by atoms with Crippen LogP contribution in [-0.2, 0) is 18.3 Å². The van der Waals surface area contributed by atoms with E-state index in [1.54, 1.807) is 0 Å². The Balaban J connectivity index is 3.27. The molecule has 18 heavy (non-hydrogen) atoms. The second kappa shape index (κ2) is 5.72. The van der Waals surface area contributed by atoms with Gasteiger partial charge in [-0.1, -0.05) is 32.9 Å². The minimum Gasteiger partial charge on any atom is -0.507 e. The molecule has 0 saturated heterocycles. The molecule has 0 aliphatic rings. The van der Waals surface area contributed by atoms with Crippen LogP contribution in [0, 0.1) is 0 Å². The van der Waals surface area contributed by atoms with Gasteiger partial charge < -0.3 is 16.6 Å². The van der Waals surface area contributed by atoms with Gasteiger partial charge in [-0.2, -0.15) is 0 Å². The minimum atomic E-state index is 0.0387. The minimum absolute atomic E-state index is 0.0387. The Hall–Kier alpha value is -1.06. The molecule has 0 amide bonds. The second-order valence-corrected chi connectivity index (χ2v) is 6.11. The third-order valence-corrected chi connectivity index (χ3v) is 3.09. The summed E-state index contributed by atoms with van der Waals surface area (Å²) in [7, 11) is 0. The van der Waals surface area contributed by atoms with Crippen molar-refractivity contribution in [2.24, 2.45) is 11.5 Å². The topological polar surface area (TPSA) is 72.3 Å². The fraction of sp³-hybridized carbons (Fsp3) is 0.600. The number of aromatic hydroxyl groups is 1. The summed E-state index contributed by atoms with van der Waals surface area (Å²) in [6.45, 7) is 8.99. The predicted molar refractivity (Wildman–Crippen MR) is 76.9 cm³/mol. The van der Waals surface area contributed by atoms with E-state index in [0.717, 1.165) is 11.1 Å². The average molecular weight is 250 g/mol. The summed E-state index contributed by atoms with van der Waals surface area (Å²) in [6.07, 6.45) is 1.38. The van der Waals surface area contributed by atoms with Crippen LogP contribution in [0.3, 0.4) is 0 Å². The van der Waals surface area contributed by atoms with Gasteiger partial charge in [-0.3, -0.25) is 0 Å². The Morgan fingerprint density at radius 2 is 1.78 bits per heavy atom. The van der Waals surface area contributed by atoms with E-state index in [4.69, 9.17) is 11.5 Å². The molecule has 102 valence electrons. The third-order valence-electron chi connectivity index (χ3n) is 3.09. The van der Waals surface area contributed by atoms with Crippen LogP contribution in [-0.4, -0.2) is 17.7 Å². The number of rotatable bonds is 4. The van der Waals surface area contributed by atoms with Crippen molar-refractivity contribution in [3.8, 4) is 5.75 Å². The number of hydrogen-bond donors (Lipinski definition) is 3. The first kappa shape index (κ1) is 15.0. The highest BCUT2D eigenvalue weighted by Crippen LogP contribution is 2.31. The number of phenolic OH excluding ortho intramolecular Hbond substituents is 1. The van der Waals surface area contributed by atoms with Crippen molar-refractivity contribution in [1.29, 1.82) is 0 Å². The molecule has 0 aliphatic heterocycles. The Labute approximate surface area is 110 Å². The average Bonchev–Trinajstić information content (AvgIpc) is 2.21. The van der Waals surface area contributed by atoms with Crippen LogP contribution < -0.4 is 11.5 Å². The standard InChI is InChI=1S/C15H26N2O/c1-10(17)7-12-9-13(15(2,3)4)8-11(5-6-16)14(12)18/h8-10,18H,5-7,16-17H2,1-4H3. The highest BCUT2D eigenvalue weighted by atomic mass is 16.3. The molecular weight excluding hydrogens is 224 g/mol. The zero-order chi connectivity index (χ0) is 13.9. The molecule has 5 N–H and O–H groups in total. The van der Waals surface area contributed by atoms with E-state index >= 15 is 0 Å². The first-order valence-electron chi connectivity index (χ1n) is 6.56. The van der Waals surface area contributed by atoms with Crippen LogP contribution in [0.4, 0.5) is 0 Å². The van der Waals surface area contributed by atoms with Crippen molar-refractivity contribution in [2.45, 2.75) is 52.0 Å². The van der Waals surface area contributed by atoms with Crippen molar-refractivity contribution < 1.29 is 5.11 Å². The molecule has 1 unspecified atom stereocenters. The largest absolute Gasteiger partial charge is 0.507 e. The monoisotopic (exact) mass is 250 g/mol. The molecule has 0 aliphatic carbocycles. The first-order valence-corrected chi connectivity index (χ1v) is 6.56. The zero-order valence-electron chi connectivity index (χ0n) is 12.0. The molecule has 0 heterocycles. The van der Waals surface area contributed by atoms with Gasteiger partial charge in [0.25, 0.3) is 0 Å². The summed E-state index contributed by atoms with van der Waals surface area (Å²) in [4.78, 5) is 0. The van der Waals surface area contributed by atoms with E-state index in [9.17, 15) is 5.11 Å². The van der Waals surface area contributed by atoms with Crippen LogP contribution in [0.5, 0.6) is 5.75 Å². The van der Waals surface area contributed by atoms with Gasteiger partial charge in [-0.25, -0.2) is 0 Å². The molecule has 1 atom stereocenters. The summed E-state index contributed by atoms with van der Waals surface area (Å²) in [5, 5.41) is 10.2. The van der Waals surface area contributed by atoms with Gasteiger partial charge in [0.1, 0.15) is 5.75 Å². The number of hydrogen-bond acceptors (Lipinski definition) is 3. The van der Waals surface area contributed by atoms with Crippen molar-refractivity contribution >= 4 is 0 Å². The van der Waals surface area contributed by atoms with Crippen molar-refractivity contribution in [2.75, 3.05) is 6.54 Å². The van der Waals surface area contributed by atoms with Crippen molar-refractivity contribution in [3.63, 3.8) is 0 Å². The molecule has 1 aromatic carbocycles. The lowest BCUT2D eigenvalue weighted by atomic mass is 9.83. The number of phenols is 1. The van der Waals surface area contributed by atoms with Crippen molar-refractivity contribution in [3.05, 3.63) is 28.8 Å². The van der Waals surface area contributed by atoms with Gasteiger partial charge in [0, 0.05) is 6.04 Å². The first-order chi connectivity index (χ1) is 8.25. The lowest BCUT2D eigenvalue weighted by Crippen LogP contribution is -2.19. The highest BCUT2D eigenvalue weighted by molar-refractivity contribution is 5.46. The van der Waals surface area contributed by atoms with E-state index in [-0.39, 0.29) is 11.5 Å². The molecule has 0 saturated carbocycles. The fourth-order valence-electron chi connectivity index (χ4n) is 2.04. The van der Waals surface area contributed by atoms with E-state index < -0.39 is 0 Å². The normalized spacial score (nSPS) is 13.7. The van der Waals surface area contributed by atoms with Crippen molar-refractivity contribution in [1.82, 2.24) is 0 Å².